The normalized spacial score (nSPS) is 12.1. The van der Waals surface area contributed by atoms with E-state index in [9.17, 15) is 22.4 Å². The molecular weight excluding hydrogens is 439 g/mol. The van der Waals surface area contributed by atoms with Crippen LogP contribution in [-0.2, 0) is 26.0 Å². The summed E-state index contributed by atoms with van der Waals surface area (Å²) in [6.45, 7) is -0.312. The summed E-state index contributed by atoms with van der Waals surface area (Å²) in [7, 11) is -2.51. The highest BCUT2D eigenvalue weighted by molar-refractivity contribution is 7.91. The van der Waals surface area contributed by atoms with Gasteiger partial charge in [-0.1, -0.05) is 12.1 Å². The van der Waals surface area contributed by atoms with Crippen molar-refractivity contribution < 1.29 is 31.6 Å². The zero-order valence-corrected chi connectivity index (χ0v) is 17.9. The number of benzene rings is 2. The average molecular weight is 460 g/mol. The number of carbonyl (C=O) groups excluding carboxylic acids is 2. The predicted octanol–water partition coefficient (Wildman–Crippen LogP) is 2.37. The molecule has 0 bridgehead atoms. The van der Waals surface area contributed by atoms with E-state index < -0.39 is 39.3 Å². The number of hydrogen-bond donors (Lipinski definition) is 2. The zero-order chi connectivity index (χ0) is 23.1. The summed E-state index contributed by atoms with van der Waals surface area (Å²) in [6, 6.07) is 14.2. The third-order valence-electron chi connectivity index (χ3n) is 4.64. The summed E-state index contributed by atoms with van der Waals surface area (Å²) >= 11 is 0. The molecule has 1 heterocycles. The standard InChI is InChI=1S/C22H21FN2O6S/c1-30-17-8-4-15(5-9-17)13-24-21(26)22(27)25-14-20(19-3-2-12-31-19)32(28,29)18-10-6-16(23)7-11-18/h2-12,20H,13-14H2,1H3,(H,24,26)(H,25,27)/t20-/m0/s1. The molecule has 0 unspecified atom stereocenters. The fourth-order valence-corrected chi connectivity index (χ4v) is 4.48. The van der Waals surface area contributed by atoms with Crippen LogP contribution in [0.1, 0.15) is 16.6 Å². The molecule has 3 rings (SSSR count). The highest BCUT2D eigenvalue weighted by Crippen LogP contribution is 2.29. The van der Waals surface area contributed by atoms with Crippen LogP contribution >= 0.6 is 0 Å². The van der Waals surface area contributed by atoms with E-state index in [0.717, 1.165) is 29.8 Å². The van der Waals surface area contributed by atoms with Gasteiger partial charge in [0, 0.05) is 13.1 Å². The van der Waals surface area contributed by atoms with E-state index in [2.05, 4.69) is 10.6 Å². The minimum atomic E-state index is -4.04. The molecule has 0 spiro atoms. The Kier molecular flexibility index (Phi) is 7.26. The highest BCUT2D eigenvalue weighted by atomic mass is 32.2. The molecule has 2 N–H and O–H groups in total. The Balaban J connectivity index is 1.66. The van der Waals surface area contributed by atoms with Crippen LogP contribution in [0.3, 0.4) is 0 Å². The third kappa shape index (κ3) is 5.52. The van der Waals surface area contributed by atoms with Crippen molar-refractivity contribution in [1.29, 1.82) is 0 Å². The molecule has 10 heteroatoms. The summed E-state index contributed by atoms with van der Waals surface area (Å²) in [5.74, 6) is -1.76. The van der Waals surface area contributed by atoms with Gasteiger partial charge in [-0.2, -0.15) is 0 Å². The number of hydrogen-bond acceptors (Lipinski definition) is 6. The van der Waals surface area contributed by atoms with Gasteiger partial charge in [-0.3, -0.25) is 9.59 Å². The zero-order valence-electron chi connectivity index (χ0n) is 17.1. The molecule has 168 valence electrons. The molecule has 2 aromatic carbocycles. The molecule has 1 atom stereocenters. The molecule has 2 amide bonds. The van der Waals surface area contributed by atoms with E-state index in [1.165, 1.54) is 25.5 Å². The van der Waals surface area contributed by atoms with E-state index in [0.29, 0.717) is 5.75 Å². The smallest absolute Gasteiger partial charge is 0.309 e. The van der Waals surface area contributed by atoms with Crippen molar-refractivity contribution in [2.45, 2.75) is 16.7 Å². The molecule has 0 saturated heterocycles. The maximum absolute atomic E-state index is 13.2. The molecule has 0 fully saturated rings. The van der Waals surface area contributed by atoms with Crippen LogP contribution < -0.4 is 15.4 Å². The van der Waals surface area contributed by atoms with Gasteiger partial charge in [0.1, 0.15) is 22.6 Å². The molecule has 0 aliphatic heterocycles. The van der Waals surface area contributed by atoms with Crippen LogP contribution in [0, 0.1) is 5.82 Å². The van der Waals surface area contributed by atoms with Gasteiger partial charge in [-0.15, -0.1) is 0 Å². The number of sulfone groups is 1. The summed E-state index contributed by atoms with van der Waals surface area (Å²) in [6.07, 6.45) is 1.30. The van der Waals surface area contributed by atoms with E-state index in [4.69, 9.17) is 9.15 Å². The molecular formula is C22H21FN2O6S. The van der Waals surface area contributed by atoms with Crippen molar-refractivity contribution in [3.8, 4) is 5.75 Å². The van der Waals surface area contributed by atoms with Gasteiger partial charge < -0.3 is 19.8 Å². The Bertz CT molecular complexity index is 1160. The average Bonchev–Trinajstić information content (AvgIpc) is 3.32. The van der Waals surface area contributed by atoms with Gasteiger partial charge in [0.25, 0.3) is 0 Å². The van der Waals surface area contributed by atoms with E-state index in [1.54, 1.807) is 24.3 Å². The number of methoxy groups -OCH3 is 1. The van der Waals surface area contributed by atoms with Crippen molar-refractivity contribution in [2.75, 3.05) is 13.7 Å². The number of rotatable bonds is 8. The molecule has 3 aromatic rings. The first-order chi connectivity index (χ1) is 15.3. The second-order valence-electron chi connectivity index (χ2n) is 6.74. The maximum atomic E-state index is 13.2. The molecule has 1 aromatic heterocycles. The minimum Gasteiger partial charge on any atom is -0.497 e. The molecule has 32 heavy (non-hydrogen) atoms. The SMILES string of the molecule is COc1ccc(CNC(=O)C(=O)NC[C@@H](c2ccco2)S(=O)(=O)c2ccc(F)cc2)cc1. The monoisotopic (exact) mass is 460 g/mol. The number of nitrogens with one attached hydrogen (secondary N) is 2. The van der Waals surface area contributed by atoms with Crippen molar-refractivity contribution in [3.63, 3.8) is 0 Å². The second kappa shape index (κ2) is 10.1. The van der Waals surface area contributed by atoms with Crippen molar-refractivity contribution in [2.24, 2.45) is 0 Å². The van der Waals surface area contributed by atoms with Crippen molar-refractivity contribution in [3.05, 3.63) is 84.1 Å². The Morgan fingerprint density at radius 2 is 1.66 bits per heavy atom. The molecule has 0 aliphatic rings. The number of halogens is 1. The maximum Gasteiger partial charge on any atom is 0.309 e. The molecule has 0 aliphatic carbocycles. The fraction of sp³-hybridized carbons (Fsp3) is 0.182. The lowest BCUT2D eigenvalue weighted by atomic mass is 10.2. The lowest BCUT2D eigenvalue weighted by Crippen LogP contribution is -2.42. The number of ether oxygens (including phenoxy) is 1. The summed E-state index contributed by atoms with van der Waals surface area (Å²) < 4.78 is 49.6. The Morgan fingerprint density at radius 1 is 1.00 bits per heavy atom. The number of furan rings is 1. The number of carbonyl (C=O) groups is 2. The van der Waals surface area contributed by atoms with Crippen molar-refractivity contribution >= 4 is 21.7 Å². The van der Waals surface area contributed by atoms with Crippen LogP contribution in [0.2, 0.25) is 0 Å². The molecule has 0 radical (unpaired) electrons. The van der Waals surface area contributed by atoms with Crippen LogP contribution in [0.15, 0.2) is 76.2 Å². The quantitative estimate of drug-likeness (QED) is 0.394. The first-order valence-corrected chi connectivity index (χ1v) is 11.1. The Labute approximate surface area is 184 Å². The summed E-state index contributed by atoms with van der Waals surface area (Å²) in [5.41, 5.74) is 0.749. The number of amides is 2. The minimum absolute atomic E-state index is 0.0771. The van der Waals surface area contributed by atoms with E-state index in [1.807, 2.05) is 0 Å². The fourth-order valence-electron chi connectivity index (χ4n) is 2.90. The topological polar surface area (TPSA) is 115 Å². The lowest BCUT2D eigenvalue weighted by molar-refractivity contribution is -0.139. The van der Waals surface area contributed by atoms with Crippen LogP contribution in [0.5, 0.6) is 5.75 Å². The summed E-state index contributed by atoms with van der Waals surface area (Å²) in [4.78, 5) is 24.2. The van der Waals surface area contributed by atoms with Crippen LogP contribution in [-0.4, -0.2) is 33.9 Å². The van der Waals surface area contributed by atoms with E-state index >= 15 is 0 Å². The Hall–Kier alpha value is -3.66. The van der Waals surface area contributed by atoms with Crippen molar-refractivity contribution in [1.82, 2.24) is 10.6 Å². The first-order valence-electron chi connectivity index (χ1n) is 9.53. The Morgan fingerprint density at radius 3 is 2.25 bits per heavy atom. The van der Waals surface area contributed by atoms with Gasteiger partial charge in [-0.05, 0) is 54.1 Å². The van der Waals surface area contributed by atoms with Gasteiger partial charge >= 0.3 is 11.8 Å². The van der Waals surface area contributed by atoms with Gasteiger partial charge in [0.2, 0.25) is 0 Å². The van der Waals surface area contributed by atoms with Crippen LogP contribution in [0.4, 0.5) is 4.39 Å². The van der Waals surface area contributed by atoms with Gasteiger partial charge in [0.15, 0.2) is 9.84 Å². The van der Waals surface area contributed by atoms with Gasteiger partial charge in [-0.25, -0.2) is 12.8 Å². The van der Waals surface area contributed by atoms with E-state index in [-0.39, 0.29) is 17.2 Å². The van der Waals surface area contributed by atoms with Crippen LogP contribution in [0.25, 0.3) is 0 Å². The predicted molar refractivity (Wildman–Crippen MR) is 113 cm³/mol. The summed E-state index contributed by atoms with van der Waals surface area (Å²) in [5, 5.41) is 3.49. The first kappa shape index (κ1) is 23.0. The third-order valence-corrected chi connectivity index (χ3v) is 6.72. The molecule has 8 nitrogen and oxygen atoms in total. The molecule has 0 saturated carbocycles. The highest BCUT2D eigenvalue weighted by Gasteiger charge is 2.32. The van der Waals surface area contributed by atoms with Gasteiger partial charge in [0.05, 0.1) is 18.3 Å². The largest absolute Gasteiger partial charge is 0.497 e. The second-order valence-corrected chi connectivity index (χ2v) is 8.87. The lowest BCUT2D eigenvalue weighted by Gasteiger charge is -2.16.